The zero-order valence-corrected chi connectivity index (χ0v) is 9.14. The van der Waals surface area contributed by atoms with Gasteiger partial charge < -0.3 is 0 Å². The predicted molar refractivity (Wildman–Crippen MR) is 62.8 cm³/mol. The Morgan fingerprint density at radius 1 is 1.40 bits per heavy atom. The topological polar surface area (TPSA) is 28.0 Å². The zero-order valence-electron chi connectivity index (χ0n) is 9.14. The van der Waals surface area contributed by atoms with E-state index in [0.717, 1.165) is 17.8 Å². The minimum atomic E-state index is 0.686. The highest BCUT2D eigenvalue weighted by molar-refractivity contribution is 5.51. The van der Waals surface area contributed by atoms with Crippen molar-refractivity contribution in [3.8, 4) is 12.3 Å². The number of terminal acetylenes is 1. The standard InChI is InChI=1S/C12H15N3/c1-4-11-8-7-9-12(10-11)15(6-3)14-13-5-2/h1,7-10H,5-6H2,2-3H3. The van der Waals surface area contributed by atoms with E-state index in [2.05, 4.69) is 16.3 Å². The molecule has 1 rings (SSSR count). The molecule has 15 heavy (non-hydrogen) atoms. The van der Waals surface area contributed by atoms with Gasteiger partial charge >= 0.3 is 0 Å². The zero-order chi connectivity index (χ0) is 11.1. The fraction of sp³-hybridized carbons (Fsp3) is 0.333. The Labute approximate surface area is 90.8 Å². The number of nitrogens with zero attached hydrogens (tertiary/aromatic N) is 3. The van der Waals surface area contributed by atoms with Crippen molar-refractivity contribution in [1.82, 2.24) is 0 Å². The first-order chi connectivity index (χ1) is 7.31. The molecule has 3 heteroatoms. The van der Waals surface area contributed by atoms with Gasteiger partial charge in [-0.1, -0.05) is 17.2 Å². The van der Waals surface area contributed by atoms with E-state index < -0.39 is 0 Å². The number of benzene rings is 1. The summed E-state index contributed by atoms with van der Waals surface area (Å²) in [4.78, 5) is 0. The second-order valence-corrected chi connectivity index (χ2v) is 2.96. The van der Waals surface area contributed by atoms with Gasteiger partial charge in [0, 0.05) is 12.1 Å². The molecule has 0 atom stereocenters. The fourth-order valence-electron chi connectivity index (χ4n) is 1.19. The van der Waals surface area contributed by atoms with Gasteiger partial charge in [0.25, 0.3) is 0 Å². The van der Waals surface area contributed by atoms with Gasteiger partial charge in [-0.05, 0) is 32.0 Å². The van der Waals surface area contributed by atoms with Crippen LogP contribution < -0.4 is 5.01 Å². The van der Waals surface area contributed by atoms with Gasteiger partial charge in [-0.15, -0.1) is 6.42 Å². The molecule has 0 amide bonds. The molecule has 0 N–H and O–H groups in total. The highest BCUT2D eigenvalue weighted by Crippen LogP contribution is 2.16. The Kier molecular flexibility index (Phi) is 4.36. The van der Waals surface area contributed by atoms with Gasteiger partial charge in [-0.3, -0.25) is 0 Å². The molecule has 0 spiro atoms. The van der Waals surface area contributed by atoms with E-state index in [0.29, 0.717) is 6.54 Å². The van der Waals surface area contributed by atoms with Crippen LogP contribution in [0.3, 0.4) is 0 Å². The van der Waals surface area contributed by atoms with Crippen molar-refractivity contribution >= 4 is 5.69 Å². The molecule has 1 aromatic rings. The van der Waals surface area contributed by atoms with E-state index in [1.165, 1.54) is 0 Å². The summed E-state index contributed by atoms with van der Waals surface area (Å²) in [7, 11) is 0. The molecule has 0 aliphatic carbocycles. The third kappa shape index (κ3) is 3.10. The van der Waals surface area contributed by atoms with Crippen LogP contribution in [0.4, 0.5) is 5.69 Å². The first-order valence-electron chi connectivity index (χ1n) is 5.03. The Morgan fingerprint density at radius 3 is 2.80 bits per heavy atom. The van der Waals surface area contributed by atoms with Gasteiger partial charge in [0.05, 0.1) is 12.2 Å². The molecule has 3 nitrogen and oxygen atoms in total. The highest BCUT2D eigenvalue weighted by Gasteiger charge is 2.02. The molecular weight excluding hydrogens is 186 g/mol. The molecule has 0 saturated heterocycles. The maximum atomic E-state index is 5.34. The van der Waals surface area contributed by atoms with Crippen LogP contribution in [0.2, 0.25) is 0 Å². The van der Waals surface area contributed by atoms with Crippen molar-refractivity contribution in [3.63, 3.8) is 0 Å². The largest absolute Gasteiger partial charge is 0.248 e. The molecule has 0 saturated carbocycles. The molecule has 0 heterocycles. The van der Waals surface area contributed by atoms with Crippen LogP contribution in [0.5, 0.6) is 0 Å². The summed E-state index contributed by atoms with van der Waals surface area (Å²) in [6, 6.07) is 7.72. The molecule has 1 aromatic carbocycles. The molecule has 0 fully saturated rings. The second-order valence-electron chi connectivity index (χ2n) is 2.96. The lowest BCUT2D eigenvalue weighted by atomic mass is 10.2. The normalized spacial score (nSPS) is 10.2. The summed E-state index contributed by atoms with van der Waals surface area (Å²) in [6.45, 7) is 5.44. The van der Waals surface area contributed by atoms with E-state index in [4.69, 9.17) is 6.42 Å². The molecule has 0 aliphatic rings. The average molecular weight is 201 g/mol. The van der Waals surface area contributed by atoms with Crippen LogP contribution >= 0.6 is 0 Å². The van der Waals surface area contributed by atoms with Crippen LogP contribution in [0, 0.1) is 12.3 Å². The van der Waals surface area contributed by atoms with Crippen LogP contribution in [0.25, 0.3) is 0 Å². The molecule has 0 aromatic heterocycles. The van der Waals surface area contributed by atoms with Crippen molar-refractivity contribution in [2.75, 3.05) is 18.1 Å². The van der Waals surface area contributed by atoms with Crippen LogP contribution in [0.1, 0.15) is 19.4 Å². The van der Waals surface area contributed by atoms with Gasteiger partial charge in [0.15, 0.2) is 0 Å². The molecule has 0 radical (unpaired) electrons. The Balaban J connectivity index is 2.92. The number of hydrogen-bond acceptors (Lipinski definition) is 2. The Morgan fingerprint density at radius 2 is 2.20 bits per heavy atom. The predicted octanol–water partition coefficient (Wildman–Crippen LogP) is 2.88. The maximum Gasteiger partial charge on any atom is 0.0623 e. The second kappa shape index (κ2) is 5.82. The summed E-state index contributed by atoms with van der Waals surface area (Å²) in [6.07, 6.45) is 5.34. The van der Waals surface area contributed by atoms with E-state index in [-0.39, 0.29) is 0 Å². The molecule has 0 unspecified atom stereocenters. The van der Waals surface area contributed by atoms with Gasteiger partial charge in [0.2, 0.25) is 0 Å². The van der Waals surface area contributed by atoms with E-state index in [1.54, 1.807) is 0 Å². The van der Waals surface area contributed by atoms with Gasteiger partial charge in [-0.2, -0.15) is 5.11 Å². The molecule has 0 bridgehead atoms. The van der Waals surface area contributed by atoms with Crippen LogP contribution in [-0.4, -0.2) is 13.1 Å². The first kappa shape index (κ1) is 11.3. The number of anilines is 1. The van der Waals surface area contributed by atoms with E-state index >= 15 is 0 Å². The number of hydrogen-bond donors (Lipinski definition) is 0. The number of rotatable bonds is 4. The maximum absolute atomic E-state index is 5.34. The van der Waals surface area contributed by atoms with Crippen LogP contribution in [0.15, 0.2) is 34.6 Å². The summed E-state index contributed by atoms with van der Waals surface area (Å²) in [5.74, 6) is 2.60. The lowest BCUT2D eigenvalue weighted by Crippen LogP contribution is -2.14. The summed E-state index contributed by atoms with van der Waals surface area (Å²) < 4.78 is 0. The molecule has 78 valence electrons. The Bertz CT molecular complexity index is 377. The smallest absolute Gasteiger partial charge is 0.0623 e. The van der Waals surface area contributed by atoms with Crippen molar-refractivity contribution < 1.29 is 0 Å². The van der Waals surface area contributed by atoms with Crippen molar-refractivity contribution in [2.24, 2.45) is 10.3 Å². The lowest BCUT2D eigenvalue weighted by Gasteiger charge is -2.15. The van der Waals surface area contributed by atoms with Crippen molar-refractivity contribution in [2.45, 2.75) is 13.8 Å². The average Bonchev–Trinajstić information content (AvgIpc) is 2.30. The minimum absolute atomic E-state index is 0.686. The molecule has 0 aliphatic heterocycles. The highest BCUT2D eigenvalue weighted by atomic mass is 15.5. The van der Waals surface area contributed by atoms with Crippen LogP contribution in [-0.2, 0) is 0 Å². The SMILES string of the molecule is C#Cc1cccc(N(CC)N=NCC)c1. The van der Waals surface area contributed by atoms with Crippen molar-refractivity contribution in [1.29, 1.82) is 0 Å². The Hall–Kier alpha value is -1.82. The van der Waals surface area contributed by atoms with Crippen molar-refractivity contribution in [3.05, 3.63) is 29.8 Å². The van der Waals surface area contributed by atoms with Gasteiger partial charge in [-0.25, -0.2) is 5.01 Å². The third-order valence-electron chi connectivity index (χ3n) is 1.92. The summed E-state index contributed by atoms with van der Waals surface area (Å²) >= 11 is 0. The first-order valence-corrected chi connectivity index (χ1v) is 5.03. The fourth-order valence-corrected chi connectivity index (χ4v) is 1.19. The quantitative estimate of drug-likeness (QED) is 0.418. The summed E-state index contributed by atoms with van der Waals surface area (Å²) in [5, 5.41) is 9.89. The third-order valence-corrected chi connectivity index (χ3v) is 1.92. The lowest BCUT2D eigenvalue weighted by molar-refractivity contribution is 0.795. The minimum Gasteiger partial charge on any atom is -0.248 e. The van der Waals surface area contributed by atoms with E-state index in [9.17, 15) is 0 Å². The van der Waals surface area contributed by atoms with E-state index in [1.807, 2.05) is 43.1 Å². The summed E-state index contributed by atoms with van der Waals surface area (Å²) in [5.41, 5.74) is 1.84. The molecular formula is C12H15N3. The monoisotopic (exact) mass is 201 g/mol. The van der Waals surface area contributed by atoms with Gasteiger partial charge in [0.1, 0.15) is 0 Å².